The van der Waals surface area contributed by atoms with Crippen LogP contribution < -0.4 is 0 Å². The van der Waals surface area contributed by atoms with Crippen molar-refractivity contribution in [2.75, 3.05) is 26.4 Å². The van der Waals surface area contributed by atoms with E-state index >= 15 is 0 Å². The van der Waals surface area contributed by atoms with Gasteiger partial charge in [0, 0.05) is 12.1 Å². The minimum Gasteiger partial charge on any atom is -0.465 e. The Balaban J connectivity index is 4.09. The van der Waals surface area contributed by atoms with Gasteiger partial charge in [-0.15, -0.1) is 0 Å². The number of hydrogen-bond donors (Lipinski definition) is 3. The number of amides is 1. The Morgan fingerprint density at radius 2 is 1.81 bits per heavy atom. The normalized spacial score (nSPS) is 11.9. The van der Waals surface area contributed by atoms with Crippen molar-refractivity contribution < 1.29 is 24.9 Å². The smallest absolute Gasteiger partial charge is 0.407 e. The number of carboxylic acid groups (broad SMARTS) is 1. The Labute approximate surface area is 95.4 Å². The first kappa shape index (κ1) is 15.2. The Kier molecular flexibility index (Phi) is 6.32. The highest BCUT2D eigenvalue weighted by Gasteiger charge is 2.25. The maximum absolute atomic E-state index is 10.9. The molecule has 0 aliphatic rings. The molecule has 0 saturated carbocycles. The summed E-state index contributed by atoms with van der Waals surface area (Å²) in [7, 11) is 0. The van der Waals surface area contributed by atoms with Crippen LogP contribution in [0.5, 0.6) is 0 Å². The summed E-state index contributed by atoms with van der Waals surface area (Å²) in [4.78, 5) is 12.2. The quantitative estimate of drug-likeness (QED) is 0.609. The number of nitrogens with zero attached hydrogens (tertiary/aromatic N) is 1. The lowest BCUT2D eigenvalue weighted by molar-refractivity contribution is -0.0307. The monoisotopic (exact) mass is 235 g/mol. The standard InChI is InChI=1S/C10H21NO5/c1-10(2,3)11(9(14)15)4-5-16-8(6-12)7-13/h8,12-13H,4-7H2,1-3H3,(H,14,15). The zero-order chi connectivity index (χ0) is 12.8. The summed E-state index contributed by atoms with van der Waals surface area (Å²) in [5.41, 5.74) is -0.497. The van der Waals surface area contributed by atoms with E-state index in [0.717, 1.165) is 0 Å². The summed E-state index contributed by atoms with van der Waals surface area (Å²) in [5.74, 6) is 0. The van der Waals surface area contributed by atoms with Crippen molar-refractivity contribution in [2.45, 2.75) is 32.4 Å². The molecule has 96 valence electrons. The van der Waals surface area contributed by atoms with Crippen molar-refractivity contribution in [1.82, 2.24) is 4.90 Å². The second kappa shape index (κ2) is 6.67. The molecule has 0 unspecified atom stereocenters. The van der Waals surface area contributed by atoms with Crippen LogP contribution in [0.4, 0.5) is 4.79 Å². The van der Waals surface area contributed by atoms with E-state index in [0.29, 0.717) is 0 Å². The van der Waals surface area contributed by atoms with Crippen LogP contribution in [0.15, 0.2) is 0 Å². The highest BCUT2D eigenvalue weighted by atomic mass is 16.5. The lowest BCUT2D eigenvalue weighted by Crippen LogP contribution is -2.47. The summed E-state index contributed by atoms with van der Waals surface area (Å²) in [5, 5.41) is 26.5. The van der Waals surface area contributed by atoms with Crippen LogP contribution in [0.2, 0.25) is 0 Å². The number of aliphatic hydroxyl groups excluding tert-OH is 2. The fraction of sp³-hybridized carbons (Fsp3) is 0.900. The summed E-state index contributed by atoms with van der Waals surface area (Å²) in [6.07, 6.45) is -1.66. The molecule has 0 aromatic rings. The Bertz CT molecular complexity index is 210. The van der Waals surface area contributed by atoms with Gasteiger partial charge in [0.15, 0.2) is 0 Å². The van der Waals surface area contributed by atoms with Crippen LogP contribution in [0.1, 0.15) is 20.8 Å². The van der Waals surface area contributed by atoms with Crippen molar-refractivity contribution in [1.29, 1.82) is 0 Å². The average molecular weight is 235 g/mol. The molecule has 6 nitrogen and oxygen atoms in total. The van der Waals surface area contributed by atoms with Crippen LogP contribution in [0, 0.1) is 0 Å². The Morgan fingerprint density at radius 3 is 2.12 bits per heavy atom. The van der Waals surface area contributed by atoms with Crippen LogP contribution in [0.3, 0.4) is 0 Å². The van der Waals surface area contributed by atoms with Gasteiger partial charge in [0.25, 0.3) is 0 Å². The van der Waals surface area contributed by atoms with Crippen LogP contribution in [0.25, 0.3) is 0 Å². The lowest BCUT2D eigenvalue weighted by Gasteiger charge is -2.33. The van der Waals surface area contributed by atoms with Gasteiger partial charge in [-0.05, 0) is 20.8 Å². The SMILES string of the molecule is CC(C)(C)N(CCOC(CO)CO)C(=O)O. The average Bonchev–Trinajstić information content (AvgIpc) is 2.15. The third-order valence-electron chi connectivity index (χ3n) is 2.12. The molecule has 0 atom stereocenters. The number of rotatable bonds is 6. The summed E-state index contributed by atoms with van der Waals surface area (Å²) < 4.78 is 5.11. The number of carbonyl (C=O) groups is 1. The van der Waals surface area contributed by atoms with E-state index in [2.05, 4.69) is 0 Å². The second-order valence-corrected chi connectivity index (χ2v) is 4.46. The fourth-order valence-electron chi connectivity index (χ4n) is 1.19. The van der Waals surface area contributed by atoms with Crippen molar-refractivity contribution in [3.63, 3.8) is 0 Å². The van der Waals surface area contributed by atoms with E-state index in [-0.39, 0.29) is 26.4 Å². The van der Waals surface area contributed by atoms with E-state index in [1.807, 2.05) is 0 Å². The van der Waals surface area contributed by atoms with Crippen LogP contribution in [-0.2, 0) is 4.74 Å². The highest BCUT2D eigenvalue weighted by Crippen LogP contribution is 2.12. The molecule has 6 heteroatoms. The van der Waals surface area contributed by atoms with Crippen molar-refractivity contribution >= 4 is 6.09 Å². The molecule has 0 aromatic heterocycles. The van der Waals surface area contributed by atoms with Gasteiger partial charge >= 0.3 is 6.09 Å². The highest BCUT2D eigenvalue weighted by molar-refractivity contribution is 5.65. The molecule has 0 heterocycles. The van der Waals surface area contributed by atoms with Gasteiger partial charge in [-0.1, -0.05) is 0 Å². The zero-order valence-corrected chi connectivity index (χ0v) is 10.0. The number of aliphatic hydroxyl groups is 2. The minimum absolute atomic E-state index is 0.148. The molecule has 16 heavy (non-hydrogen) atoms. The minimum atomic E-state index is -1.01. The molecule has 0 fully saturated rings. The maximum atomic E-state index is 10.9. The predicted octanol–water partition coefficient (Wildman–Crippen LogP) is 0.135. The van der Waals surface area contributed by atoms with Gasteiger partial charge in [-0.2, -0.15) is 0 Å². The van der Waals surface area contributed by atoms with Gasteiger partial charge in [0.05, 0.1) is 19.8 Å². The van der Waals surface area contributed by atoms with Crippen molar-refractivity contribution in [3.8, 4) is 0 Å². The largest absolute Gasteiger partial charge is 0.465 e. The van der Waals surface area contributed by atoms with E-state index in [4.69, 9.17) is 20.1 Å². The van der Waals surface area contributed by atoms with Crippen molar-refractivity contribution in [3.05, 3.63) is 0 Å². The van der Waals surface area contributed by atoms with E-state index in [1.165, 1.54) is 4.90 Å². The first-order valence-electron chi connectivity index (χ1n) is 5.16. The number of hydrogen-bond acceptors (Lipinski definition) is 4. The van der Waals surface area contributed by atoms with Crippen LogP contribution in [-0.4, -0.2) is 64.3 Å². The summed E-state index contributed by atoms with van der Waals surface area (Å²) in [6, 6.07) is 0. The second-order valence-electron chi connectivity index (χ2n) is 4.46. The zero-order valence-electron chi connectivity index (χ0n) is 10.0. The van der Waals surface area contributed by atoms with E-state index in [9.17, 15) is 4.79 Å². The van der Waals surface area contributed by atoms with E-state index < -0.39 is 17.7 Å². The number of ether oxygens (including phenoxy) is 1. The molecule has 0 radical (unpaired) electrons. The molecule has 1 amide bonds. The van der Waals surface area contributed by atoms with Gasteiger partial charge in [-0.25, -0.2) is 4.79 Å². The maximum Gasteiger partial charge on any atom is 0.407 e. The molecule has 0 aliphatic heterocycles. The van der Waals surface area contributed by atoms with Crippen LogP contribution >= 0.6 is 0 Å². The third kappa shape index (κ3) is 5.29. The van der Waals surface area contributed by atoms with E-state index in [1.54, 1.807) is 20.8 Å². The topological polar surface area (TPSA) is 90.2 Å². The summed E-state index contributed by atoms with van der Waals surface area (Å²) >= 11 is 0. The molecule has 0 spiro atoms. The third-order valence-corrected chi connectivity index (χ3v) is 2.12. The Morgan fingerprint density at radius 1 is 1.31 bits per heavy atom. The lowest BCUT2D eigenvalue weighted by atomic mass is 10.1. The molecule has 0 saturated heterocycles. The molecule has 0 rings (SSSR count). The summed E-state index contributed by atoms with van der Waals surface area (Å²) in [6.45, 7) is 5.16. The first-order valence-corrected chi connectivity index (χ1v) is 5.16. The predicted molar refractivity (Wildman–Crippen MR) is 58.4 cm³/mol. The van der Waals surface area contributed by atoms with Gasteiger partial charge in [0.2, 0.25) is 0 Å². The van der Waals surface area contributed by atoms with Gasteiger partial charge < -0.3 is 25.0 Å². The Hall–Kier alpha value is -0.850. The van der Waals surface area contributed by atoms with Gasteiger partial charge in [-0.3, -0.25) is 0 Å². The molecule has 3 N–H and O–H groups in total. The molecular weight excluding hydrogens is 214 g/mol. The molecular formula is C10H21NO5. The molecule has 0 aromatic carbocycles. The fourth-order valence-corrected chi connectivity index (χ4v) is 1.19. The van der Waals surface area contributed by atoms with Gasteiger partial charge in [0.1, 0.15) is 6.10 Å². The molecule has 0 aliphatic carbocycles. The molecule has 0 bridgehead atoms. The van der Waals surface area contributed by atoms with Crippen molar-refractivity contribution in [2.24, 2.45) is 0 Å². The first-order chi connectivity index (χ1) is 7.32.